The quantitative estimate of drug-likeness (QED) is 0.874. The number of aromatic nitrogens is 1. The first-order valence-corrected chi connectivity index (χ1v) is 6.84. The van der Waals surface area contributed by atoms with E-state index in [2.05, 4.69) is 10.3 Å². The SMILES string of the molecule is CCNc1cc(CN2C(=O)c3ccccc3C2=O)ccn1. The maximum atomic E-state index is 12.3. The van der Waals surface area contributed by atoms with Crippen LogP contribution >= 0.6 is 0 Å². The lowest BCUT2D eigenvalue weighted by molar-refractivity contribution is 0.0642. The average molecular weight is 281 g/mol. The van der Waals surface area contributed by atoms with Crippen LogP contribution in [0.2, 0.25) is 0 Å². The molecule has 2 heterocycles. The van der Waals surface area contributed by atoms with Gasteiger partial charge in [0.1, 0.15) is 5.82 Å². The van der Waals surface area contributed by atoms with E-state index in [0.717, 1.165) is 17.9 Å². The number of imide groups is 1. The van der Waals surface area contributed by atoms with Crippen LogP contribution < -0.4 is 5.32 Å². The van der Waals surface area contributed by atoms with Crippen molar-refractivity contribution in [1.29, 1.82) is 0 Å². The molecule has 1 N–H and O–H groups in total. The van der Waals surface area contributed by atoms with Gasteiger partial charge in [-0.3, -0.25) is 14.5 Å². The number of nitrogens with one attached hydrogen (secondary N) is 1. The third-order valence-electron chi connectivity index (χ3n) is 3.40. The van der Waals surface area contributed by atoms with E-state index in [-0.39, 0.29) is 18.4 Å². The molecule has 0 atom stereocenters. The molecule has 2 aromatic rings. The molecule has 1 aromatic carbocycles. The number of carbonyl (C=O) groups excluding carboxylic acids is 2. The Kier molecular flexibility index (Phi) is 3.39. The summed E-state index contributed by atoms with van der Waals surface area (Å²) in [6, 6.07) is 10.6. The fourth-order valence-electron chi connectivity index (χ4n) is 2.42. The van der Waals surface area contributed by atoms with E-state index in [1.54, 1.807) is 30.5 Å². The molecule has 0 saturated heterocycles. The maximum absolute atomic E-state index is 12.3. The van der Waals surface area contributed by atoms with Gasteiger partial charge < -0.3 is 5.32 Å². The fraction of sp³-hybridized carbons (Fsp3) is 0.188. The summed E-state index contributed by atoms with van der Waals surface area (Å²) >= 11 is 0. The topological polar surface area (TPSA) is 62.3 Å². The predicted molar refractivity (Wildman–Crippen MR) is 79.0 cm³/mol. The van der Waals surface area contributed by atoms with E-state index in [9.17, 15) is 9.59 Å². The van der Waals surface area contributed by atoms with Gasteiger partial charge in [0.15, 0.2) is 0 Å². The van der Waals surface area contributed by atoms with Crippen molar-refractivity contribution < 1.29 is 9.59 Å². The average Bonchev–Trinajstić information content (AvgIpc) is 2.74. The smallest absolute Gasteiger partial charge is 0.261 e. The molecule has 0 unspecified atom stereocenters. The molecule has 5 heteroatoms. The van der Waals surface area contributed by atoms with Gasteiger partial charge in [-0.25, -0.2) is 4.98 Å². The molecule has 0 aliphatic carbocycles. The monoisotopic (exact) mass is 281 g/mol. The number of hydrogen-bond acceptors (Lipinski definition) is 4. The molecule has 0 bridgehead atoms. The van der Waals surface area contributed by atoms with E-state index < -0.39 is 0 Å². The minimum absolute atomic E-state index is 0.239. The van der Waals surface area contributed by atoms with Crippen molar-refractivity contribution in [1.82, 2.24) is 9.88 Å². The second-order valence-electron chi connectivity index (χ2n) is 4.82. The first-order chi connectivity index (χ1) is 10.2. The summed E-state index contributed by atoms with van der Waals surface area (Å²) in [5.74, 6) is 0.265. The van der Waals surface area contributed by atoms with Gasteiger partial charge in [-0.05, 0) is 36.8 Å². The Morgan fingerprint density at radius 2 is 1.76 bits per heavy atom. The summed E-state index contributed by atoms with van der Waals surface area (Å²) in [5.41, 5.74) is 1.82. The minimum Gasteiger partial charge on any atom is -0.370 e. The number of hydrogen-bond donors (Lipinski definition) is 1. The van der Waals surface area contributed by atoms with E-state index >= 15 is 0 Å². The molecule has 5 nitrogen and oxygen atoms in total. The Labute approximate surface area is 122 Å². The van der Waals surface area contributed by atoms with Crippen LogP contribution in [0.1, 0.15) is 33.2 Å². The van der Waals surface area contributed by atoms with Crippen LogP contribution in [0.5, 0.6) is 0 Å². The van der Waals surface area contributed by atoms with Crippen molar-refractivity contribution in [3.63, 3.8) is 0 Å². The Bertz CT molecular complexity index is 677. The Morgan fingerprint density at radius 1 is 1.10 bits per heavy atom. The highest BCUT2D eigenvalue weighted by molar-refractivity contribution is 6.21. The number of pyridine rings is 1. The summed E-state index contributed by atoms with van der Waals surface area (Å²) < 4.78 is 0. The molecular formula is C16H15N3O2. The van der Waals surface area contributed by atoms with Crippen LogP contribution in [0.4, 0.5) is 5.82 Å². The van der Waals surface area contributed by atoms with Gasteiger partial charge in [-0.1, -0.05) is 12.1 Å². The van der Waals surface area contributed by atoms with Crippen molar-refractivity contribution in [2.24, 2.45) is 0 Å². The standard InChI is InChI=1S/C16H15N3O2/c1-2-17-14-9-11(7-8-18-14)10-19-15(20)12-5-3-4-6-13(12)16(19)21/h3-9H,2,10H2,1H3,(H,17,18). The van der Waals surface area contributed by atoms with E-state index in [0.29, 0.717) is 11.1 Å². The minimum atomic E-state index is -0.239. The van der Waals surface area contributed by atoms with Crippen molar-refractivity contribution in [3.8, 4) is 0 Å². The molecule has 3 rings (SSSR count). The molecule has 0 spiro atoms. The number of nitrogens with zero attached hydrogens (tertiary/aromatic N) is 2. The number of fused-ring (bicyclic) bond motifs is 1. The normalized spacial score (nSPS) is 13.5. The van der Waals surface area contributed by atoms with Crippen molar-refractivity contribution >= 4 is 17.6 Å². The first-order valence-electron chi connectivity index (χ1n) is 6.84. The van der Waals surface area contributed by atoms with Crippen LogP contribution in [0.15, 0.2) is 42.6 Å². The van der Waals surface area contributed by atoms with E-state index in [1.807, 2.05) is 19.1 Å². The zero-order valence-electron chi connectivity index (χ0n) is 11.7. The molecule has 106 valence electrons. The highest BCUT2D eigenvalue weighted by atomic mass is 16.2. The van der Waals surface area contributed by atoms with Crippen LogP contribution in [-0.4, -0.2) is 28.2 Å². The molecule has 2 amide bonds. The van der Waals surface area contributed by atoms with Gasteiger partial charge in [-0.15, -0.1) is 0 Å². The highest BCUT2D eigenvalue weighted by Gasteiger charge is 2.34. The van der Waals surface area contributed by atoms with Crippen LogP contribution in [0.3, 0.4) is 0 Å². The molecule has 1 aliphatic rings. The lowest BCUT2D eigenvalue weighted by atomic mass is 10.1. The summed E-state index contributed by atoms with van der Waals surface area (Å²) in [6.07, 6.45) is 1.67. The fourth-order valence-corrected chi connectivity index (χ4v) is 2.42. The van der Waals surface area contributed by atoms with Crippen LogP contribution in [-0.2, 0) is 6.54 Å². The van der Waals surface area contributed by atoms with Gasteiger partial charge in [-0.2, -0.15) is 0 Å². The van der Waals surface area contributed by atoms with E-state index in [4.69, 9.17) is 0 Å². The van der Waals surface area contributed by atoms with Crippen molar-refractivity contribution in [2.45, 2.75) is 13.5 Å². The Balaban J connectivity index is 1.85. The summed E-state index contributed by atoms with van der Waals surface area (Å²) in [7, 11) is 0. The molecule has 1 aliphatic heterocycles. The zero-order chi connectivity index (χ0) is 14.8. The zero-order valence-corrected chi connectivity index (χ0v) is 11.7. The Hall–Kier alpha value is -2.69. The van der Waals surface area contributed by atoms with Gasteiger partial charge in [0.25, 0.3) is 11.8 Å². The van der Waals surface area contributed by atoms with Crippen LogP contribution in [0.25, 0.3) is 0 Å². The Morgan fingerprint density at radius 3 is 2.38 bits per heavy atom. The molecule has 0 radical (unpaired) electrons. The van der Waals surface area contributed by atoms with Gasteiger partial charge in [0.05, 0.1) is 17.7 Å². The van der Waals surface area contributed by atoms with E-state index in [1.165, 1.54) is 4.90 Å². The first kappa shape index (κ1) is 13.3. The summed E-state index contributed by atoms with van der Waals surface area (Å²) in [6.45, 7) is 3.01. The maximum Gasteiger partial charge on any atom is 0.261 e. The lowest BCUT2D eigenvalue weighted by Crippen LogP contribution is -2.29. The predicted octanol–water partition coefficient (Wildman–Crippen LogP) is 2.31. The van der Waals surface area contributed by atoms with Gasteiger partial charge in [0, 0.05) is 12.7 Å². The number of amides is 2. The molecule has 0 fully saturated rings. The molecule has 1 aromatic heterocycles. The lowest BCUT2D eigenvalue weighted by Gasteiger charge is -2.14. The number of anilines is 1. The number of carbonyl (C=O) groups is 2. The second kappa shape index (κ2) is 5.36. The third-order valence-corrected chi connectivity index (χ3v) is 3.40. The molecule has 21 heavy (non-hydrogen) atoms. The van der Waals surface area contributed by atoms with Gasteiger partial charge in [0.2, 0.25) is 0 Å². The van der Waals surface area contributed by atoms with Gasteiger partial charge >= 0.3 is 0 Å². The number of rotatable bonds is 4. The largest absolute Gasteiger partial charge is 0.370 e. The molecule has 0 saturated carbocycles. The second-order valence-corrected chi connectivity index (χ2v) is 4.82. The highest BCUT2D eigenvalue weighted by Crippen LogP contribution is 2.24. The molecular weight excluding hydrogens is 266 g/mol. The summed E-state index contributed by atoms with van der Waals surface area (Å²) in [5, 5.41) is 3.11. The van der Waals surface area contributed by atoms with Crippen molar-refractivity contribution in [2.75, 3.05) is 11.9 Å². The third kappa shape index (κ3) is 2.38. The number of benzene rings is 1. The van der Waals surface area contributed by atoms with Crippen molar-refractivity contribution in [3.05, 3.63) is 59.3 Å². The summed E-state index contributed by atoms with van der Waals surface area (Å²) in [4.78, 5) is 30.0. The van der Waals surface area contributed by atoms with Crippen LogP contribution in [0, 0.1) is 0 Å².